The van der Waals surface area contributed by atoms with Crippen LogP contribution >= 0.6 is 67.8 Å². The number of aromatic nitrogens is 8. The molecule has 4 rings (SSSR count). The molecular formula is C22H29I3N8O2. The first-order chi connectivity index (χ1) is 16.5. The molecule has 190 valence electrons. The molecule has 0 amide bonds. The van der Waals surface area contributed by atoms with Gasteiger partial charge in [-0.15, -0.1) is 0 Å². The first-order valence-corrected chi connectivity index (χ1v) is 14.0. The van der Waals surface area contributed by atoms with Crippen LogP contribution in [0.15, 0.2) is 24.8 Å². The molecule has 4 aromatic heterocycles. The molecule has 0 aliphatic carbocycles. The molecule has 10 nitrogen and oxygen atoms in total. The molecule has 0 aliphatic heterocycles. The monoisotopic (exact) mass is 818 g/mol. The average Bonchev–Trinajstić information content (AvgIpc) is 3.58. The Labute approximate surface area is 245 Å². The van der Waals surface area contributed by atoms with Crippen molar-refractivity contribution in [3.63, 3.8) is 0 Å². The fraction of sp³-hybridized carbons (Fsp3) is 0.409. The van der Waals surface area contributed by atoms with Crippen molar-refractivity contribution in [1.29, 1.82) is 0 Å². The fourth-order valence-corrected chi connectivity index (χ4v) is 5.28. The lowest BCUT2D eigenvalue weighted by atomic mass is 10.1. The summed E-state index contributed by atoms with van der Waals surface area (Å²) >= 11 is 6.43. The van der Waals surface area contributed by atoms with E-state index < -0.39 is 6.10 Å². The number of aryl methyl sites for hydroxylation is 4. The predicted octanol–water partition coefficient (Wildman–Crippen LogP) is 4.28. The standard InChI is InChI=1S/C11H15IN4O.C6H7IN2O.C5H7IN2/c1-4-16-6-8(5-13-16)10(17)9-7(2)15(3)14-11(9)12;1-4-5(3-10)6(7)8-9(4)2;1-2-8-4-5(6)3-7-8/h5-6,10,17H,4H2,1-3H3;3H,1-2H3;3-4H,2H2,1H3. The van der Waals surface area contributed by atoms with Crippen molar-refractivity contribution in [2.24, 2.45) is 14.1 Å². The molecule has 0 saturated heterocycles. The van der Waals surface area contributed by atoms with Crippen LogP contribution < -0.4 is 0 Å². The molecule has 0 aromatic carbocycles. The average molecular weight is 818 g/mol. The van der Waals surface area contributed by atoms with E-state index in [0.717, 1.165) is 49.3 Å². The lowest BCUT2D eigenvalue weighted by Gasteiger charge is -2.08. The Bertz CT molecular complexity index is 1260. The van der Waals surface area contributed by atoms with E-state index in [4.69, 9.17) is 0 Å². The SMILES string of the molecule is CCn1cc(C(O)c2c(I)nn(C)c2C)cn1.CCn1cc(I)cn1.Cc1c(C=O)c(I)nn1C. The second-order valence-corrected chi connectivity index (χ2v) is 10.8. The normalized spacial score (nSPS) is 11.4. The van der Waals surface area contributed by atoms with Crippen LogP contribution in [0, 0.1) is 24.8 Å². The number of carbonyl (C=O) groups excluding carboxylic acids is 1. The Kier molecular flexibility index (Phi) is 11.8. The van der Waals surface area contributed by atoms with Gasteiger partial charge in [-0.05, 0) is 95.5 Å². The van der Waals surface area contributed by atoms with Crippen molar-refractivity contribution < 1.29 is 9.90 Å². The van der Waals surface area contributed by atoms with Gasteiger partial charge in [-0.2, -0.15) is 20.4 Å². The highest BCUT2D eigenvalue weighted by Gasteiger charge is 2.21. The first-order valence-electron chi connectivity index (χ1n) is 10.7. The minimum atomic E-state index is -0.657. The number of carbonyl (C=O) groups is 1. The lowest BCUT2D eigenvalue weighted by Crippen LogP contribution is -2.02. The van der Waals surface area contributed by atoms with Gasteiger partial charge in [0.2, 0.25) is 0 Å². The van der Waals surface area contributed by atoms with E-state index in [1.807, 2.05) is 80.7 Å². The molecule has 1 N–H and O–H groups in total. The van der Waals surface area contributed by atoms with Gasteiger partial charge in [0.25, 0.3) is 0 Å². The molecule has 0 fully saturated rings. The molecule has 0 aliphatic rings. The van der Waals surface area contributed by atoms with Crippen molar-refractivity contribution in [2.45, 2.75) is 46.9 Å². The van der Waals surface area contributed by atoms with Gasteiger partial charge in [0.05, 0.1) is 21.5 Å². The summed E-state index contributed by atoms with van der Waals surface area (Å²) < 4.78 is 9.99. The maximum atomic E-state index is 10.4. The highest BCUT2D eigenvalue weighted by Crippen LogP contribution is 2.28. The van der Waals surface area contributed by atoms with E-state index in [0.29, 0.717) is 5.56 Å². The number of nitrogens with zero attached hydrogens (tertiary/aromatic N) is 8. The van der Waals surface area contributed by atoms with Crippen LogP contribution in [0.25, 0.3) is 0 Å². The van der Waals surface area contributed by atoms with Crippen LogP contribution in [0.1, 0.15) is 52.8 Å². The highest BCUT2D eigenvalue weighted by atomic mass is 127. The molecule has 0 bridgehead atoms. The van der Waals surface area contributed by atoms with Gasteiger partial charge in [-0.3, -0.25) is 23.5 Å². The van der Waals surface area contributed by atoms with Crippen LogP contribution in [0.2, 0.25) is 0 Å². The number of hydrogen-bond donors (Lipinski definition) is 1. The number of aliphatic hydroxyl groups is 1. The van der Waals surface area contributed by atoms with Crippen molar-refractivity contribution in [3.05, 3.63) is 63.8 Å². The second-order valence-electron chi connectivity index (χ2n) is 7.49. The van der Waals surface area contributed by atoms with Crippen LogP contribution in [0.4, 0.5) is 0 Å². The Morgan fingerprint density at radius 1 is 0.914 bits per heavy atom. The number of halogens is 3. The van der Waals surface area contributed by atoms with Gasteiger partial charge in [-0.25, -0.2) is 0 Å². The summed E-state index contributed by atoms with van der Waals surface area (Å²) in [5.74, 6) is 0. The Morgan fingerprint density at radius 2 is 1.46 bits per heavy atom. The molecule has 1 atom stereocenters. The van der Waals surface area contributed by atoms with Gasteiger partial charge in [0.15, 0.2) is 6.29 Å². The van der Waals surface area contributed by atoms with Gasteiger partial charge < -0.3 is 5.11 Å². The summed E-state index contributed by atoms with van der Waals surface area (Å²) in [6.07, 6.45) is 7.62. The minimum absolute atomic E-state index is 0.657. The van der Waals surface area contributed by atoms with E-state index in [1.54, 1.807) is 20.2 Å². The van der Waals surface area contributed by atoms with Crippen molar-refractivity contribution in [1.82, 2.24) is 39.1 Å². The van der Waals surface area contributed by atoms with E-state index in [9.17, 15) is 9.90 Å². The maximum absolute atomic E-state index is 10.4. The molecule has 1 unspecified atom stereocenters. The van der Waals surface area contributed by atoms with Gasteiger partial charge in [0.1, 0.15) is 13.5 Å². The summed E-state index contributed by atoms with van der Waals surface area (Å²) in [5, 5.41) is 26.9. The van der Waals surface area contributed by atoms with E-state index in [2.05, 4.69) is 72.5 Å². The zero-order valence-corrected chi connectivity index (χ0v) is 26.9. The fourth-order valence-electron chi connectivity index (χ4n) is 2.98. The lowest BCUT2D eigenvalue weighted by molar-refractivity contribution is 0.112. The molecule has 0 radical (unpaired) electrons. The molecule has 4 aromatic rings. The van der Waals surface area contributed by atoms with E-state index >= 15 is 0 Å². The largest absolute Gasteiger partial charge is 0.383 e. The Hall–Kier alpha value is -1.34. The van der Waals surface area contributed by atoms with Crippen molar-refractivity contribution in [2.75, 3.05) is 0 Å². The van der Waals surface area contributed by atoms with Crippen molar-refractivity contribution >= 4 is 74.1 Å². The molecule has 0 saturated carbocycles. The summed E-state index contributed by atoms with van der Waals surface area (Å²) in [5.41, 5.74) is 4.26. The molecule has 35 heavy (non-hydrogen) atoms. The van der Waals surface area contributed by atoms with E-state index in [1.165, 1.54) is 3.57 Å². The number of aldehydes is 1. The van der Waals surface area contributed by atoms with Crippen molar-refractivity contribution in [3.8, 4) is 0 Å². The first kappa shape index (κ1) is 29.9. The Balaban J connectivity index is 0.000000204. The predicted molar refractivity (Wildman–Crippen MR) is 159 cm³/mol. The summed E-state index contributed by atoms with van der Waals surface area (Å²) in [6, 6.07) is 0. The minimum Gasteiger partial charge on any atom is -0.383 e. The molecule has 13 heteroatoms. The Morgan fingerprint density at radius 3 is 1.80 bits per heavy atom. The summed E-state index contributed by atoms with van der Waals surface area (Å²) in [6.45, 7) is 9.68. The summed E-state index contributed by atoms with van der Waals surface area (Å²) in [7, 11) is 3.70. The third-order valence-electron chi connectivity index (χ3n) is 5.28. The van der Waals surface area contributed by atoms with Crippen LogP contribution in [-0.2, 0) is 27.2 Å². The third-order valence-corrected chi connectivity index (χ3v) is 7.43. The number of aliphatic hydroxyl groups excluding tert-OH is 1. The van der Waals surface area contributed by atoms with Crippen LogP contribution in [0.5, 0.6) is 0 Å². The van der Waals surface area contributed by atoms with Gasteiger partial charge >= 0.3 is 0 Å². The topological polar surface area (TPSA) is 109 Å². The zero-order valence-electron chi connectivity index (χ0n) is 20.4. The maximum Gasteiger partial charge on any atom is 0.154 e. The highest BCUT2D eigenvalue weighted by molar-refractivity contribution is 14.1. The van der Waals surface area contributed by atoms with Gasteiger partial charge in [-0.1, -0.05) is 0 Å². The van der Waals surface area contributed by atoms with Crippen LogP contribution in [-0.4, -0.2) is 50.5 Å². The smallest absolute Gasteiger partial charge is 0.154 e. The number of rotatable bonds is 5. The zero-order chi connectivity index (χ0) is 26.3. The van der Waals surface area contributed by atoms with Gasteiger partial charge in [0, 0.05) is 62.1 Å². The second kappa shape index (κ2) is 13.8. The summed E-state index contributed by atoms with van der Waals surface area (Å²) in [4.78, 5) is 10.4. The quantitative estimate of drug-likeness (QED) is 0.238. The van der Waals surface area contributed by atoms with E-state index in [-0.39, 0.29) is 0 Å². The molecular weight excluding hydrogens is 789 g/mol. The molecule has 4 heterocycles. The van der Waals surface area contributed by atoms with Crippen LogP contribution in [0.3, 0.4) is 0 Å². The number of hydrogen-bond acceptors (Lipinski definition) is 6. The third kappa shape index (κ3) is 7.82. The molecule has 0 spiro atoms.